The van der Waals surface area contributed by atoms with Gasteiger partial charge in [0.15, 0.2) is 0 Å². The highest BCUT2D eigenvalue weighted by atomic mass is 16.5. The molecule has 0 aliphatic carbocycles. The maximum atomic E-state index is 5.95. The van der Waals surface area contributed by atoms with E-state index in [-0.39, 0.29) is 0 Å². The second-order valence-corrected chi connectivity index (χ2v) is 4.97. The number of nitrogens with one attached hydrogen (secondary N) is 1. The number of aromatic nitrogens is 1. The van der Waals surface area contributed by atoms with Gasteiger partial charge in [-0.05, 0) is 43.5 Å². The van der Waals surface area contributed by atoms with Crippen LogP contribution in [0.3, 0.4) is 0 Å². The highest BCUT2D eigenvalue weighted by molar-refractivity contribution is 5.98. The van der Waals surface area contributed by atoms with Crippen molar-refractivity contribution in [3.63, 3.8) is 0 Å². The van der Waals surface area contributed by atoms with E-state index in [9.17, 15) is 0 Å². The molecule has 0 radical (unpaired) electrons. The first-order valence-electron chi connectivity index (χ1n) is 6.83. The SMILES string of the molecule is Nc1ccc(NCC2CCCCO2)c2cccnc12. The van der Waals surface area contributed by atoms with Gasteiger partial charge in [-0.15, -0.1) is 0 Å². The Morgan fingerprint density at radius 1 is 1.32 bits per heavy atom. The molecule has 2 heterocycles. The van der Waals surface area contributed by atoms with Gasteiger partial charge in [0.25, 0.3) is 0 Å². The van der Waals surface area contributed by atoms with Gasteiger partial charge in [0, 0.05) is 30.4 Å². The molecule has 1 fully saturated rings. The fourth-order valence-electron chi connectivity index (χ4n) is 2.54. The van der Waals surface area contributed by atoms with Gasteiger partial charge in [-0.3, -0.25) is 4.98 Å². The Kier molecular flexibility index (Phi) is 3.51. The van der Waals surface area contributed by atoms with Crippen LogP contribution in [0.4, 0.5) is 11.4 Å². The summed E-state index contributed by atoms with van der Waals surface area (Å²) in [6.07, 6.45) is 5.67. The second kappa shape index (κ2) is 5.45. The lowest BCUT2D eigenvalue weighted by molar-refractivity contribution is 0.0248. The van der Waals surface area contributed by atoms with Crippen molar-refractivity contribution in [2.24, 2.45) is 0 Å². The summed E-state index contributed by atoms with van der Waals surface area (Å²) in [6.45, 7) is 1.73. The Hall–Kier alpha value is -1.81. The number of nitrogen functional groups attached to an aromatic ring is 1. The smallest absolute Gasteiger partial charge is 0.0951 e. The molecular formula is C15H19N3O. The molecule has 3 N–H and O–H groups in total. The Balaban J connectivity index is 1.79. The summed E-state index contributed by atoms with van der Waals surface area (Å²) in [5, 5.41) is 4.53. The normalized spacial score (nSPS) is 19.5. The molecule has 0 saturated carbocycles. The van der Waals surface area contributed by atoms with Crippen LogP contribution < -0.4 is 11.1 Å². The summed E-state index contributed by atoms with van der Waals surface area (Å²) in [5.74, 6) is 0. The minimum Gasteiger partial charge on any atom is -0.397 e. The molecule has 2 aromatic rings. The topological polar surface area (TPSA) is 60.2 Å². The van der Waals surface area contributed by atoms with Gasteiger partial charge in [0.1, 0.15) is 0 Å². The zero-order valence-corrected chi connectivity index (χ0v) is 10.9. The average Bonchev–Trinajstić information content (AvgIpc) is 2.48. The van der Waals surface area contributed by atoms with E-state index in [0.717, 1.165) is 41.9 Å². The molecule has 1 aromatic heterocycles. The van der Waals surface area contributed by atoms with Crippen molar-refractivity contribution in [1.82, 2.24) is 4.98 Å². The first kappa shape index (κ1) is 12.2. The Morgan fingerprint density at radius 3 is 3.11 bits per heavy atom. The van der Waals surface area contributed by atoms with Crippen molar-refractivity contribution in [3.05, 3.63) is 30.5 Å². The van der Waals surface area contributed by atoms with Gasteiger partial charge in [0.2, 0.25) is 0 Å². The van der Waals surface area contributed by atoms with Crippen LogP contribution >= 0.6 is 0 Å². The number of rotatable bonds is 3. The molecule has 0 bridgehead atoms. The van der Waals surface area contributed by atoms with E-state index < -0.39 is 0 Å². The van der Waals surface area contributed by atoms with Crippen LogP contribution in [-0.4, -0.2) is 24.2 Å². The van der Waals surface area contributed by atoms with Crippen LogP contribution in [0.5, 0.6) is 0 Å². The Bertz CT molecular complexity index is 564. The van der Waals surface area contributed by atoms with Crippen molar-refractivity contribution in [1.29, 1.82) is 0 Å². The van der Waals surface area contributed by atoms with E-state index in [0.29, 0.717) is 6.10 Å². The fourth-order valence-corrected chi connectivity index (χ4v) is 2.54. The van der Waals surface area contributed by atoms with E-state index in [1.54, 1.807) is 6.20 Å². The molecule has 19 heavy (non-hydrogen) atoms. The monoisotopic (exact) mass is 257 g/mol. The number of fused-ring (bicyclic) bond motifs is 1. The van der Waals surface area contributed by atoms with Crippen molar-refractivity contribution in [2.75, 3.05) is 24.2 Å². The third-order valence-electron chi connectivity index (χ3n) is 3.60. The first-order chi connectivity index (χ1) is 9.34. The van der Waals surface area contributed by atoms with Crippen molar-refractivity contribution in [2.45, 2.75) is 25.4 Å². The molecule has 4 heteroatoms. The lowest BCUT2D eigenvalue weighted by Gasteiger charge is -2.23. The number of hydrogen-bond donors (Lipinski definition) is 2. The number of nitrogens with two attached hydrogens (primary N) is 1. The standard InChI is InChI=1S/C15H19N3O/c16-13-6-7-14(12-5-3-8-17-15(12)13)18-10-11-4-1-2-9-19-11/h3,5-8,11,18H,1-2,4,9-10,16H2. The molecule has 1 unspecified atom stereocenters. The van der Waals surface area contributed by atoms with Crippen LogP contribution in [0.25, 0.3) is 10.9 Å². The maximum Gasteiger partial charge on any atom is 0.0951 e. The van der Waals surface area contributed by atoms with Crippen molar-refractivity contribution < 1.29 is 4.74 Å². The molecule has 100 valence electrons. The predicted octanol–water partition coefficient (Wildman–Crippen LogP) is 2.80. The van der Waals surface area contributed by atoms with Crippen LogP contribution in [0.2, 0.25) is 0 Å². The number of nitrogens with zero attached hydrogens (tertiary/aromatic N) is 1. The van der Waals surface area contributed by atoms with Crippen LogP contribution in [-0.2, 0) is 4.74 Å². The number of ether oxygens (including phenoxy) is 1. The van der Waals surface area contributed by atoms with Gasteiger partial charge in [-0.2, -0.15) is 0 Å². The Labute approximate surface area is 113 Å². The highest BCUT2D eigenvalue weighted by Gasteiger charge is 2.14. The van der Waals surface area contributed by atoms with E-state index in [1.165, 1.54) is 12.8 Å². The van der Waals surface area contributed by atoms with E-state index in [2.05, 4.69) is 10.3 Å². The van der Waals surface area contributed by atoms with Crippen LogP contribution in [0.15, 0.2) is 30.5 Å². The second-order valence-electron chi connectivity index (χ2n) is 4.97. The third kappa shape index (κ3) is 2.63. The third-order valence-corrected chi connectivity index (χ3v) is 3.60. The lowest BCUT2D eigenvalue weighted by atomic mass is 10.1. The van der Waals surface area contributed by atoms with Gasteiger partial charge < -0.3 is 15.8 Å². The van der Waals surface area contributed by atoms with Crippen LogP contribution in [0, 0.1) is 0 Å². The summed E-state index contributed by atoms with van der Waals surface area (Å²) in [5.41, 5.74) is 8.60. The number of benzene rings is 1. The Morgan fingerprint density at radius 2 is 2.26 bits per heavy atom. The molecule has 1 aromatic carbocycles. The van der Waals surface area contributed by atoms with Crippen LogP contribution in [0.1, 0.15) is 19.3 Å². The molecular weight excluding hydrogens is 238 g/mol. The zero-order valence-electron chi connectivity index (χ0n) is 10.9. The number of anilines is 2. The van der Waals surface area contributed by atoms with Gasteiger partial charge in [0.05, 0.1) is 17.3 Å². The zero-order chi connectivity index (χ0) is 13.1. The van der Waals surface area contributed by atoms with E-state index in [1.807, 2.05) is 24.3 Å². The summed E-state index contributed by atoms with van der Waals surface area (Å²) in [6, 6.07) is 7.90. The molecule has 1 saturated heterocycles. The van der Waals surface area contributed by atoms with E-state index >= 15 is 0 Å². The molecule has 1 aliphatic rings. The molecule has 4 nitrogen and oxygen atoms in total. The minimum absolute atomic E-state index is 0.318. The maximum absolute atomic E-state index is 5.95. The highest BCUT2D eigenvalue weighted by Crippen LogP contribution is 2.26. The summed E-state index contributed by atoms with van der Waals surface area (Å²) < 4.78 is 5.73. The summed E-state index contributed by atoms with van der Waals surface area (Å²) >= 11 is 0. The van der Waals surface area contributed by atoms with E-state index in [4.69, 9.17) is 10.5 Å². The van der Waals surface area contributed by atoms with Crippen molar-refractivity contribution >= 4 is 22.3 Å². The first-order valence-corrected chi connectivity index (χ1v) is 6.83. The minimum atomic E-state index is 0.318. The summed E-state index contributed by atoms with van der Waals surface area (Å²) in [7, 11) is 0. The number of hydrogen-bond acceptors (Lipinski definition) is 4. The van der Waals surface area contributed by atoms with Gasteiger partial charge in [-0.1, -0.05) is 0 Å². The molecule has 1 atom stereocenters. The molecule has 1 aliphatic heterocycles. The predicted molar refractivity (Wildman–Crippen MR) is 78.2 cm³/mol. The van der Waals surface area contributed by atoms with Gasteiger partial charge >= 0.3 is 0 Å². The largest absolute Gasteiger partial charge is 0.397 e. The average molecular weight is 257 g/mol. The summed E-state index contributed by atoms with van der Waals surface area (Å²) in [4.78, 5) is 4.34. The quantitative estimate of drug-likeness (QED) is 0.830. The number of pyridine rings is 1. The molecule has 3 rings (SSSR count). The van der Waals surface area contributed by atoms with Crippen molar-refractivity contribution in [3.8, 4) is 0 Å². The lowest BCUT2D eigenvalue weighted by Crippen LogP contribution is -2.27. The van der Waals surface area contributed by atoms with Gasteiger partial charge in [-0.25, -0.2) is 0 Å². The molecule has 0 amide bonds. The fraction of sp³-hybridized carbons (Fsp3) is 0.400. The molecule has 0 spiro atoms.